The van der Waals surface area contributed by atoms with E-state index in [0.29, 0.717) is 4.47 Å². The first-order valence-corrected chi connectivity index (χ1v) is 4.19. The number of rotatable bonds is 2. The molecule has 0 fully saturated rings. The third-order valence-electron chi connectivity index (χ3n) is 1.26. The number of halogens is 4. The van der Waals surface area contributed by atoms with Gasteiger partial charge in [-0.1, -0.05) is 0 Å². The molecule has 1 rings (SSSR count). The summed E-state index contributed by atoms with van der Waals surface area (Å²) in [5, 5.41) is 0. The molecule has 0 unspecified atom stereocenters. The van der Waals surface area contributed by atoms with E-state index in [1.165, 1.54) is 6.20 Å². The second-order valence-corrected chi connectivity index (χ2v) is 3.39. The maximum Gasteiger partial charge on any atom is 0.422 e. The molecule has 1 aromatic heterocycles. The first-order chi connectivity index (χ1) is 5.88. The zero-order valence-electron chi connectivity index (χ0n) is 6.73. The van der Waals surface area contributed by atoms with E-state index in [9.17, 15) is 13.2 Å². The summed E-state index contributed by atoms with van der Waals surface area (Å²) in [6.45, 7) is -1.27. The molecule has 0 bridgehead atoms. The SMILES string of the molecule is Cn1cc(Br)c(OCC(F)(F)F)c1. The quantitative estimate of drug-likeness (QED) is 0.795. The highest BCUT2D eigenvalue weighted by Crippen LogP contribution is 2.27. The standard InChI is InChI=1S/C7H7BrF3NO/c1-12-2-5(8)6(3-12)13-4-7(9,10)11/h2-3H,4H2,1H3. The number of aromatic nitrogens is 1. The monoisotopic (exact) mass is 257 g/mol. The highest BCUT2D eigenvalue weighted by atomic mass is 79.9. The summed E-state index contributed by atoms with van der Waals surface area (Å²) < 4.78 is 41.8. The van der Waals surface area contributed by atoms with Crippen molar-refractivity contribution in [1.82, 2.24) is 4.57 Å². The molecule has 2 nitrogen and oxygen atoms in total. The molecule has 0 aliphatic carbocycles. The summed E-state index contributed by atoms with van der Waals surface area (Å²) in [6, 6.07) is 0. The van der Waals surface area contributed by atoms with Gasteiger partial charge < -0.3 is 9.30 Å². The third-order valence-corrected chi connectivity index (χ3v) is 1.86. The normalized spacial score (nSPS) is 11.8. The van der Waals surface area contributed by atoms with E-state index in [0.717, 1.165) is 0 Å². The van der Waals surface area contributed by atoms with E-state index in [-0.39, 0.29) is 5.75 Å². The minimum Gasteiger partial charge on any atom is -0.481 e. The predicted octanol–water partition coefficient (Wildman–Crippen LogP) is 2.73. The van der Waals surface area contributed by atoms with Crippen molar-refractivity contribution in [2.24, 2.45) is 7.05 Å². The van der Waals surface area contributed by atoms with Crippen molar-refractivity contribution in [1.29, 1.82) is 0 Å². The summed E-state index contributed by atoms with van der Waals surface area (Å²) in [5.74, 6) is 0.194. The van der Waals surface area contributed by atoms with Gasteiger partial charge in [-0.2, -0.15) is 13.2 Å². The van der Waals surface area contributed by atoms with Crippen LogP contribution >= 0.6 is 15.9 Å². The van der Waals surface area contributed by atoms with Crippen LogP contribution in [0.3, 0.4) is 0 Å². The Morgan fingerprint density at radius 1 is 1.46 bits per heavy atom. The van der Waals surface area contributed by atoms with Crippen LogP contribution in [0.2, 0.25) is 0 Å². The van der Waals surface area contributed by atoms with Crippen molar-refractivity contribution in [3.05, 3.63) is 16.9 Å². The second-order valence-electron chi connectivity index (χ2n) is 2.54. The van der Waals surface area contributed by atoms with Crippen LogP contribution in [-0.2, 0) is 7.05 Å². The van der Waals surface area contributed by atoms with E-state index >= 15 is 0 Å². The highest BCUT2D eigenvalue weighted by molar-refractivity contribution is 9.10. The van der Waals surface area contributed by atoms with Crippen LogP contribution in [0.25, 0.3) is 0 Å². The molecule has 0 radical (unpaired) electrons. The molecule has 1 heterocycles. The second kappa shape index (κ2) is 3.61. The van der Waals surface area contributed by atoms with Gasteiger partial charge in [-0.25, -0.2) is 0 Å². The van der Waals surface area contributed by atoms with Crippen molar-refractivity contribution < 1.29 is 17.9 Å². The fraction of sp³-hybridized carbons (Fsp3) is 0.429. The number of hydrogen-bond donors (Lipinski definition) is 0. The van der Waals surface area contributed by atoms with Gasteiger partial charge in [-0.3, -0.25) is 0 Å². The van der Waals surface area contributed by atoms with E-state index in [1.807, 2.05) is 0 Å². The molecular weight excluding hydrogens is 251 g/mol. The Balaban J connectivity index is 2.59. The van der Waals surface area contributed by atoms with Crippen LogP contribution < -0.4 is 4.74 Å². The van der Waals surface area contributed by atoms with Crippen LogP contribution in [-0.4, -0.2) is 17.4 Å². The van der Waals surface area contributed by atoms with Gasteiger partial charge in [0, 0.05) is 19.4 Å². The maximum atomic E-state index is 11.7. The van der Waals surface area contributed by atoms with Crippen LogP contribution in [0.1, 0.15) is 0 Å². The summed E-state index contributed by atoms with van der Waals surface area (Å²) in [5.41, 5.74) is 0. The number of ether oxygens (including phenoxy) is 1. The van der Waals surface area contributed by atoms with Crippen LogP contribution in [0.15, 0.2) is 16.9 Å². The smallest absolute Gasteiger partial charge is 0.422 e. The number of alkyl halides is 3. The fourth-order valence-corrected chi connectivity index (χ4v) is 1.33. The van der Waals surface area contributed by atoms with Crippen LogP contribution in [0.5, 0.6) is 5.75 Å². The van der Waals surface area contributed by atoms with Crippen molar-refractivity contribution in [3.8, 4) is 5.75 Å². The maximum absolute atomic E-state index is 11.7. The zero-order chi connectivity index (χ0) is 10.1. The van der Waals surface area contributed by atoms with Gasteiger partial charge in [0.05, 0.1) is 4.47 Å². The van der Waals surface area contributed by atoms with Gasteiger partial charge in [0.15, 0.2) is 12.4 Å². The zero-order valence-corrected chi connectivity index (χ0v) is 8.32. The molecule has 0 spiro atoms. The Hall–Kier alpha value is -0.650. The lowest BCUT2D eigenvalue weighted by molar-refractivity contribution is -0.153. The molecule has 74 valence electrons. The van der Waals surface area contributed by atoms with Gasteiger partial charge in [-0.15, -0.1) is 0 Å². The van der Waals surface area contributed by atoms with E-state index in [1.54, 1.807) is 17.8 Å². The average molecular weight is 258 g/mol. The number of aryl methyl sites for hydroxylation is 1. The Morgan fingerprint density at radius 3 is 2.46 bits per heavy atom. The molecule has 0 aliphatic heterocycles. The lowest BCUT2D eigenvalue weighted by Crippen LogP contribution is -2.19. The van der Waals surface area contributed by atoms with Gasteiger partial charge in [-0.05, 0) is 15.9 Å². The van der Waals surface area contributed by atoms with Crippen LogP contribution in [0.4, 0.5) is 13.2 Å². The van der Waals surface area contributed by atoms with E-state index in [4.69, 9.17) is 0 Å². The summed E-state index contributed by atoms with van der Waals surface area (Å²) in [6.07, 6.45) is -1.21. The van der Waals surface area contributed by atoms with E-state index in [2.05, 4.69) is 20.7 Å². The Kier molecular flexibility index (Phi) is 2.90. The minimum atomic E-state index is -4.30. The Bertz CT molecular complexity index is 294. The van der Waals surface area contributed by atoms with Gasteiger partial charge in [0.2, 0.25) is 0 Å². The Labute approximate surface area is 81.4 Å². The lowest BCUT2D eigenvalue weighted by atomic mass is 10.6. The minimum absolute atomic E-state index is 0.194. The van der Waals surface area contributed by atoms with Crippen molar-refractivity contribution in [3.63, 3.8) is 0 Å². The topological polar surface area (TPSA) is 14.2 Å². The predicted molar refractivity (Wildman–Crippen MR) is 44.7 cm³/mol. The van der Waals surface area contributed by atoms with Gasteiger partial charge >= 0.3 is 6.18 Å². The highest BCUT2D eigenvalue weighted by Gasteiger charge is 2.28. The first kappa shape index (κ1) is 10.4. The molecular formula is C7H7BrF3NO. The molecule has 1 aromatic rings. The molecule has 0 aromatic carbocycles. The van der Waals surface area contributed by atoms with Crippen molar-refractivity contribution in [2.45, 2.75) is 6.18 Å². The first-order valence-electron chi connectivity index (χ1n) is 3.39. The average Bonchev–Trinajstić information content (AvgIpc) is 2.24. The Morgan fingerprint density at radius 2 is 2.08 bits per heavy atom. The number of nitrogens with zero attached hydrogens (tertiary/aromatic N) is 1. The molecule has 0 saturated carbocycles. The summed E-state index contributed by atoms with van der Waals surface area (Å²) >= 11 is 3.07. The van der Waals surface area contributed by atoms with Gasteiger partial charge in [0.25, 0.3) is 0 Å². The number of hydrogen-bond acceptors (Lipinski definition) is 1. The largest absolute Gasteiger partial charge is 0.481 e. The van der Waals surface area contributed by atoms with E-state index < -0.39 is 12.8 Å². The third kappa shape index (κ3) is 3.30. The molecule has 0 aliphatic rings. The van der Waals surface area contributed by atoms with Crippen LogP contribution in [0, 0.1) is 0 Å². The molecule has 0 N–H and O–H groups in total. The van der Waals surface area contributed by atoms with Crippen molar-refractivity contribution >= 4 is 15.9 Å². The molecule has 0 atom stereocenters. The fourth-order valence-electron chi connectivity index (χ4n) is 0.792. The molecule has 0 amide bonds. The summed E-state index contributed by atoms with van der Waals surface area (Å²) in [4.78, 5) is 0. The van der Waals surface area contributed by atoms with Gasteiger partial charge in [0.1, 0.15) is 0 Å². The molecule has 0 saturated heterocycles. The molecule has 13 heavy (non-hydrogen) atoms. The lowest BCUT2D eigenvalue weighted by Gasteiger charge is -2.07. The van der Waals surface area contributed by atoms with Crippen molar-refractivity contribution in [2.75, 3.05) is 6.61 Å². The summed E-state index contributed by atoms with van der Waals surface area (Å²) in [7, 11) is 1.70. The molecule has 6 heteroatoms.